The van der Waals surface area contributed by atoms with Crippen LogP contribution in [0.2, 0.25) is 5.02 Å². The highest BCUT2D eigenvalue weighted by atomic mass is 35.5. The van der Waals surface area contributed by atoms with Gasteiger partial charge in [0, 0.05) is 11.4 Å². The molecule has 2 rings (SSSR count). The Morgan fingerprint density at radius 1 is 0.935 bits per heavy atom. The number of hydrogen-bond donors (Lipinski definition) is 1. The first kappa shape index (κ1) is 24.4. The SMILES string of the molecule is CC(C)(C)OC(=O)N[C@H](Cc1ccc(Cl)cc1)C(=O)Oc1c(F)c(F)c(F)c(F)c1F. The number of ether oxygens (including phenoxy) is 2. The molecule has 1 amide bonds. The summed E-state index contributed by atoms with van der Waals surface area (Å²) in [5.41, 5.74) is -0.500. The van der Waals surface area contributed by atoms with Crippen molar-refractivity contribution in [1.82, 2.24) is 5.32 Å². The number of carbonyl (C=O) groups is 2. The molecular formula is C20H17ClF5NO4. The van der Waals surface area contributed by atoms with Gasteiger partial charge in [-0.3, -0.25) is 0 Å². The van der Waals surface area contributed by atoms with E-state index in [0.717, 1.165) is 0 Å². The molecule has 0 unspecified atom stereocenters. The first-order valence-electron chi connectivity index (χ1n) is 8.77. The first-order valence-corrected chi connectivity index (χ1v) is 9.15. The Bertz CT molecular complexity index is 964. The smallest absolute Gasteiger partial charge is 0.408 e. The molecule has 2 aromatic carbocycles. The summed E-state index contributed by atoms with van der Waals surface area (Å²) in [6.07, 6.45) is -1.33. The van der Waals surface area contributed by atoms with Crippen LogP contribution in [0.5, 0.6) is 5.75 Å². The molecule has 0 saturated heterocycles. The number of halogens is 6. The van der Waals surface area contributed by atoms with Crippen molar-refractivity contribution in [2.24, 2.45) is 0 Å². The topological polar surface area (TPSA) is 64.6 Å². The average molecular weight is 466 g/mol. The molecule has 0 aromatic heterocycles. The van der Waals surface area contributed by atoms with E-state index < -0.39 is 58.5 Å². The van der Waals surface area contributed by atoms with Crippen LogP contribution in [-0.4, -0.2) is 23.7 Å². The summed E-state index contributed by atoms with van der Waals surface area (Å²) in [5, 5.41) is 2.54. The van der Waals surface area contributed by atoms with Crippen LogP contribution in [0.15, 0.2) is 24.3 Å². The molecule has 0 saturated carbocycles. The molecule has 0 fully saturated rings. The number of alkyl carbamates (subject to hydrolysis) is 1. The Hall–Kier alpha value is -2.88. The second-order valence-electron chi connectivity index (χ2n) is 7.35. The van der Waals surface area contributed by atoms with Gasteiger partial charge in [-0.25, -0.2) is 22.8 Å². The Kier molecular flexibility index (Phi) is 7.48. The molecule has 0 aliphatic rings. The third-order valence-corrected chi connectivity index (χ3v) is 3.95. The standard InChI is InChI=1S/C20H17ClF5NO4/c1-20(2,3)31-19(29)27-11(8-9-4-6-10(21)7-5-9)18(28)30-17-15(25)13(23)12(22)14(24)16(17)26/h4-7,11H,8H2,1-3H3,(H,27,29)/t11-/m1/s1. The summed E-state index contributed by atoms with van der Waals surface area (Å²) in [6, 6.07) is 4.37. The summed E-state index contributed by atoms with van der Waals surface area (Å²) in [5.74, 6) is -14.9. The van der Waals surface area contributed by atoms with E-state index in [1.165, 1.54) is 24.3 Å². The van der Waals surface area contributed by atoms with Crippen LogP contribution >= 0.6 is 11.6 Å². The van der Waals surface area contributed by atoms with Gasteiger partial charge in [0.05, 0.1) is 0 Å². The second kappa shape index (κ2) is 9.51. The van der Waals surface area contributed by atoms with Crippen LogP contribution in [0, 0.1) is 29.1 Å². The number of rotatable bonds is 5. The second-order valence-corrected chi connectivity index (χ2v) is 7.79. The predicted molar refractivity (Wildman–Crippen MR) is 100 cm³/mol. The summed E-state index contributed by atoms with van der Waals surface area (Å²) >= 11 is 5.79. The van der Waals surface area contributed by atoms with Crippen molar-refractivity contribution in [2.45, 2.75) is 38.8 Å². The molecule has 0 bridgehead atoms. The van der Waals surface area contributed by atoms with Gasteiger partial charge >= 0.3 is 12.1 Å². The average Bonchev–Trinajstić information content (AvgIpc) is 2.67. The van der Waals surface area contributed by atoms with Gasteiger partial charge in [0.15, 0.2) is 0 Å². The Labute approximate surface area is 179 Å². The summed E-state index contributed by atoms with van der Waals surface area (Å²) < 4.78 is 77.1. The fourth-order valence-electron chi connectivity index (χ4n) is 2.35. The normalized spacial score (nSPS) is 12.3. The van der Waals surface area contributed by atoms with Gasteiger partial charge in [0.25, 0.3) is 0 Å². The number of esters is 1. The van der Waals surface area contributed by atoms with Crippen LogP contribution < -0.4 is 10.1 Å². The lowest BCUT2D eigenvalue weighted by Crippen LogP contribution is -2.46. The van der Waals surface area contributed by atoms with Crippen molar-refractivity contribution in [3.05, 3.63) is 63.9 Å². The molecule has 31 heavy (non-hydrogen) atoms. The Morgan fingerprint density at radius 3 is 1.90 bits per heavy atom. The van der Waals surface area contributed by atoms with Crippen LogP contribution in [0.3, 0.4) is 0 Å². The van der Waals surface area contributed by atoms with Gasteiger partial charge in [0.2, 0.25) is 34.8 Å². The minimum Gasteiger partial charge on any atom is -0.444 e. The molecule has 0 aliphatic heterocycles. The van der Waals surface area contributed by atoms with E-state index in [1.54, 1.807) is 20.8 Å². The van der Waals surface area contributed by atoms with Crippen LogP contribution in [0.1, 0.15) is 26.3 Å². The predicted octanol–water partition coefficient (Wildman–Crippen LogP) is 5.08. The highest BCUT2D eigenvalue weighted by molar-refractivity contribution is 6.30. The number of carbonyl (C=O) groups excluding carboxylic acids is 2. The molecular weight excluding hydrogens is 449 g/mol. The Balaban J connectivity index is 2.33. The van der Waals surface area contributed by atoms with Crippen molar-refractivity contribution in [3.8, 4) is 5.75 Å². The van der Waals surface area contributed by atoms with E-state index in [2.05, 4.69) is 10.1 Å². The van der Waals surface area contributed by atoms with E-state index in [-0.39, 0.29) is 6.42 Å². The molecule has 0 aliphatic carbocycles. The highest BCUT2D eigenvalue weighted by Crippen LogP contribution is 2.29. The Morgan fingerprint density at radius 2 is 1.42 bits per heavy atom. The maximum atomic E-state index is 13.9. The zero-order valence-corrected chi connectivity index (χ0v) is 17.3. The highest BCUT2D eigenvalue weighted by Gasteiger charge is 2.32. The van der Waals surface area contributed by atoms with Gasteiger partial charge in [0.1, 0.15) is 11.6 Å². The summed E-state index contributed by atoms with van der Waals surface area (Å²) in [4.78, 5) is 24.6. The fraction of sp³-hybridized carbons (Fsp3) is 0.300. The van der Waals surface area contributed by atoms with E-state index in [9.17, 15) is 31.5 Å². The number of hydrogen-bond acceptors (Lipinski definition) is 4. The quantitative estimate of drug-likeness (QED) is 0.220. The van der Waals surface area contributed by atoms with Gasteiger partial charge in [-0.1, -0.05) is 23.7 Å². The van der Waals surface area contributed by atoms with Crippen molar-refractivity contribution in [1.29, 1.82) is 0 Å². The lowest BCUT2D eigenvalue weighted by molar-refractivity contribution is -0.137. The molecule has 0 radical (unpaired) electrons. The largest absolute Gasteiger partial charge is 0.444 e. The van der Waals surface area contributed by atoms with Gasteiger partial charge < -0.3 is 14.8 Å². The van der Waals surface area contributed by atoms with Gasteiger partial charge in [-0.2, -0.15) is 8.78 Å². The third kappa shape index (κ3) is 6.30. The number of amides is 1. The molecule has 1 N–H and O–H groups in total. The molecule has 0 spiro atoms. The minimum absolute atomic E-state index is 0.259. The number of nitrogens with one attached hydrogen (secondary N) is 1. The molecule has 168 valence electrons. The first-order chi connectivity index (χ1) is 14.3. The third-order valence-electron chi connectivity index (χ3n) is 3.70. The molecule has 2 aromatic rings. The monoisotopic (exact) mass is 465 g/mol. The maximum absolute atomic E-state index is 13.9. The van der Waals surface area contributed by atoms with E-state index >= 15 is 0 Å². The van der Waals surface area contributed by atoms with Crippen LogP contribution in [-0.2, 0) is 16.0 Å². The van der Waals surface area contributed by atoms with E-state index in [1.807, 2.05) is 0 Å². The van der Waals surface area contributed by atoms with Crippen molar-refractivity contribution < 1.29 is 41.0 Å². The van der Waals surface area contributed by atoms with Gasteiger partial charge in [-0.05, 0) is 38.5 Å². The van der Waals surface area contributed by atoms with E-state index in [0.29, 0.717) is 10.6 Å². The maximum Gasteiger partial charge on any atom is 0.408 e. The summed E-state index contributed by atoms with van der Waals surface area (Å²) in [6.45, 7) is 4.65. The zero-order chi connectivity index (χ0) is 23.5. The van der Waals surface area contributed by atoms with Gasteiger partial charge in [-0.15, -0.1) is 0 Å². The molecule has 5 nitrogen and oxygen atoms in total. The fourth-order valence-corrected chi connectivity index (χ4v) is 2.47. The lowest BCUT2D eigenvalue weighted by atomic mass is 10.1. The van der Waals surface area contributed by atoms with Crippen molar-refractivity contribution in [2.75, 3.05) is 0 Å². The van der Waals surface area contributed by atoms with Crippen LogP contribution in [0.4, 0.5) is 26.7 Å². The lowest BCUT2D eigenvalue weighted by Gasteiger charge is -2.23. The molecule has 11 heteroatoms. The zero-order valence-electron chi connectivity index (χ0n) is 16.5. The summed E-state index contributed by atoms with van der Waals surface area (Å²) in [7, 11) is 0. The van der Waals surface area contributed by atoms with Crippen LogP contribution in [0.25, 0.3) is 0 Å². The van der Waals surface area contributed by atoms with E-state index in [4.69, 9.17) is 16.3 Å². The van der Waals surface area contributed by atoms with Crippen molar-refractivity contribution in [3.63, 3.8) is 0 Å². The van der Waals surface area contributed by atoms with Crippen molar-refractivity contribution >= 4 is 23.7 Å². The number of benzene rings is 2. The molecule has 1 atom stereocenters. The molecule has 0 heterocycles. The minimum atomic E-state index is -2.40.